The predicted molar refractivity (Wildman–Crippen MR) is 60.5 cm³/mol. The van der Waals surface area contributed by atoms with Crippen LogP contribution in [0, 0.1) is 6.92 Å². The predicted octanol–water partition coefficient (Wildman–Crippen LogP) is 2.41. The minimum Gasteiger partial charge on any atom is -0.237 e. The van der Waals surface area contributed by atoms with Gasteiger partial charge in [0.25, 0.3) is 0 Å². The molecule has 1 aromatic carbocycles. The average Bonchev–Trinajstić information content (AvgIpc) is 2.01. The molecule has 1 unspecified atom stereocenters. The third-order valence-corrected chi connectivity index (χ3v) is 3.08. The van der Waals surface area contributed by atoms with Gasteiger partial charge in [0.2, 0.25) is 0 Å². The second-order valence-electron chi connectivity index (χ2n) is 4.44. The molecule has 0 radical (unpaired) electrons. The van der Waals surface area contributed by atoms with E-state index in [0.717, 1.165) is 10.5 Å². The highest BCUT2D eigenvalue weighted by Crippen LogP contribution is 2.10. The molecule has 0 fully saturated rings. The summed E-state index contributed by atoms with van der Waals surface area (Å²) < 4.78 is 14.8. The summed E-state index contributed by atoms with van der Waals surface area (Å²) in [5, 5.41) is 0. The van der Waals surface area contributed by atoms with E-state index in [2.05, 4.69) is 4.72 Å². The van der Waals surface area contributed by atoms with Crippen molar-refractivity contribution in [3.05, 3.63) is 29.8 Å². The molecule has 0 saturated carbocycles. The van der Waals surface area contributed by atoms with Crippen molar-refractivity contribution in [1.82, 2.24) is 4.72 Å². The summed E-state index contributed by atoms with van der Waals surface area (Å²) in [5.74, 6) is 0. The first-order valence-electron chi connectivity index (χ1n) is 4.65. The van der Waals surface area contributed by atoms with Crippen LogP contribution in [0.5, 0.6) is 0 Å². The molecule has 0 amide bonds. The smallest absolute Gasteiger partial charge is 0.125 e. The van der Waals surface area contributed by atoms with E-state index in [0.29, 0.717) is 0 Å². The van der Waals surface area contributed by atoms with Gasteiger partial charge >= 0.3 is 0 Å². The van der Waals surface area contributed by atoms with Gasteiger partial charge < -0.3 is 0 Å². The Morgan fingerprint density at radius 3 is 2.43 bits per heavy atom. The summed E-state index contributed by atoms with van der Waals surface area (Å²) in [6.07, 6.45) is 0. The van der Waals surface area contributed by atoms with Crippen molar-refractivity contribution < 1.29 is 4.21 Å². The first-order chi connectivity index (χ1) is 6.38. The zero-order chi connectivity index (χ0) is 10.8. The lowest BCUT2D eigenvalue weighted by atomic mass is 10.1. The summed E-state index contributed by atoms with van der Waals surface area (Å²) in [4.78, 5) is 0.833. The van der Waals surface area contributed by atoms with Gasteiger partial charge in [-0.25, -0.2) is 8.93 Å². The highest BCUT2D eigenvalue weighted by Gasteiger charge is 2.14. The minimum atomic E-state index is -1.11. The molecule has 14 heavy (non-hydrogen) atoms. The van der Waals surface area contributed by atoms with Crippen LogP contribution in [0.1, 0.15) is 26.3 Å². The average molecular weight is 211 g/mol. The Labute approximate surface area is 88.3 Å². The van der Waals surface area contributed by atoms with Crippen molar-refractivity contribution in [3.63, 3.8) is 0 Å². The van der Waals surface area contributed by atoms with Gasteiger partial charge in [-0.3, -0.25) is 0 Å². The molecule has 1 N–H and O–H groups in total. The highest BCUT2D eigenvalue weighted by molar-refractivity contribution is 7.83. The number of hydrogen-bond donors (Lipinski definition) is 1. The van der Waals surface area contributed by atoms with Crippen LogP contribution in [0.25, 0.3) is 0 Å². The number of aryl methyl sites for hydroxylation is 1. The Kier molecular flexibility index (Phi) is 3.45. The largest absolute Gasteiger partial charge is 0.237 e. The van der Waals surface area contributed by atoms with Gasteiger partial charge in [-0.05, 0) is 45.4 Å². The number of rotatable bonds is 2. The molecule has 0 aliphatic carbocycles. The molecular formula is C11H17NOS. The molecule has 1 aromatic rings. The summed E-state index contributed by atoms with van der Waals surface area (Å²) in [6, 6.07) is 7.74. The van der Waals surface area contributed by atoms with Crippen LogP contribution in [-0.4, -0.2) is 9.75 Å². The van der Waals surface area contributed by atoms with E-state index in [1.54, 1.807) is 0 Å². The van der Waals surface area contributed by atoms with Crippen molar-refractivity contribution >= 4 is 11.0 Å². The molecular weight excluding hydrogens is 194 g/mol. The molecule has 0 bridgehead atoms. The monoisotopic (exact) mass is 211 g/mol. The fraction of sp³-hybridized carbons (Fsp3) is 0.455. The van der Waals surface area contributed by atoms with Crippen LogP contribution < -0.4 is 4.72 Å². The summed E-state index contributed by atoms with van der Waals surface area (Å²) >= 11 is 0. The van der Waals surface area contributed by atoms with Crippen LogP contribution in [0.15, 0.2) is 29.2 Å². The van der Waals surface area contributed by atoms with Crippen LogP contribution in [0.2, 0.25) is 0 Å². The lowest BCUT2D eigenvalue weighted by molar-refractivity contribution is 0.519. The summed E-state index contributed by atoms with van der Waals surface area (Å²) in [5.41, 5.74) is 1.00. The molecule has 0 spiro atoms. The number of hydrogen-bond acceptors (Lipinski definition) is 1. The zero-order valence-corrected chi connectivity index (χ0v) is 9.94. The molecule has 0 aromatic heterocycles. The molecule has 1 atom stereocenters. The molecule has 0 aliphatic heterocycles. The van der Waals surface area contributed by atoms with Crippen molar-refractivity contribution in [1.29, 1.82) is 0 Å². The normalized spacial score (nSPS) is 14.0. The lowest BCUT2D eigenvalue weighted by Gasteiger charge is -2.19. The van der Waals surface area contributed by atoms with Crippen molar-refractivity contribution in [3.8, 4) is 0 Å². The Morgan fingerprint density at radius 2 is 1.93 bits per heavy atom. The van der Waals surface area contributed by atoms with Crippen LogP contribution >= 0.6 is 0 Å². The quantitative estimate of drug-likeness (QED) is 0.799. The maximum absolute atomic E-state index is 11.8. The summed E-state index contributed by atoms with van der Waals surface area (Å²) in [6.45, 7) is 8.00. The van der Waals surface area contributed by atoms with Crippen molar-refractivity contribution in [2.75, 3.05) is 0 Å². The van der Waals surface area contributed by atoms with E-state index in [1.165, 1.54) is 0 Å². The number of nitrogens with one attached hydrogen (secondary N) is 1. The van der Waals surface area contributed by atoms with Crippen molar-refractivity contribution in [2.45, 2.75) is 38.1 Å². The first kappa shape index (κ1) is 11.4. The second kappa shape index (κ2) is 4.24. The maximum Gasteiger partial charge on any atom is 0.125 e. The Hall–Kier alpha value is -0.670. The molecule has 1 rings (SSSR count). The fourth-order valence-electron chi connectivity index (χ4n) is 1.07. The highest BCUT2D eigenvalue weighted by atomic mass is 32.2. The fourth-order valence-corrected chi connectivity index (χ4v) is 2.24. The molecule has 2 nitrogen and oxygen atoms in total. The zero-order valence-electron chi connectivity index (χ0n) is 9.13. The second-order valence-corrected chi connectivity index (χ2v) is 5.65. The Balaban J connectivity index is 2.80. The molecule has 78 valence electrons. The number of benzene rings is 1. The molecule has 3 heteroatoms. The minimum absolute atomic E-state index is 0.130. The van der Waals surface area contributed by atoms with Gasteiger partial charge in [-0.15, -0.1) is 0 Å². The van der Waals surface area contributed by atoms with E-state index in [-0.39, 0.29) is 5.54 Å². The van der Waals surface area contributed by atoms with E-state index in [4.69, 9.17) is 0 Å². The van der Waals surface area contributed by atoms with Gasteiger partial charge in [0.1, 0.15) is 11.0 Å². The van der Waals surface area contributed by atoms with E-state index in [1.807, 2.05) is 52.0 Å². The van der Waals surface area contributed by atoms with Crippen LogP contribution in [0.3, 0.4) is 0 Å². The molecule has 0 heterocycles. The van der Waals surface area contributed by atoms with Crippen molar-refractivity contribution in [2.24, 2.45) is 0 Å². The van der Waals surface area contributed by atoms with Gasteiger partial charge in [0.15, 0.2) is 0 Å². The van der Waals surface area contributed by atoms with Gasteiger partial charge in [-0.2, -0.15) is 0 Å². The molecule has 0 aliphatic rings. The third kappa shape index (κ3) is 3.60. The topological polar surface area (TPSA) is 29.1 Å². The van der Waals surface area contributed by atoms with E-state index >= 15 is 0 Å². The Bertz CT molecular complexity index is 341. The van der Waals surface area contributed by atoms with Gasteiger partial charge in [0, 0.05) is 5.54 Å². The SMILES string of the molecule is Cc1cccc(S(=O)NC(C)(C)C)c1. The third-order valence-electron chi connectivity index (χ3n) is 1.60. The van der Waals surface area contributed by atoms with Gasteiger partial charge in [0.05, 0.1) is 4.90 Å². The Morgan fingerprint density at radius 1 is 1.29 bits per heavy atom. The van der Waals surface area contributed by atoms with Gasteiger partial charge in [-0.1, -0.05) is 12.1 Å². The summed E-state index contributed by atoms with van der Waals surface area (Å²) in [7, 11) is -1.11. The first-order valence-corrected chi connectivity index (χ1v) is 5.80. The van der Waals surface area contributed by atoms with Crippen LogP contribution in [0.4, 0.5) is 0 Å². The standard InChI is InChI=1S/C11H17NOS/c1-9-6-5-7-10(8-9)14(13)12-11(2,3)4/h5-8,12H,1-4H3. The van der Waals surface area contributed by atoms with E-state index in [9.17, 15) is 4.21 Å². The van der Waals surface area contributed by atoms with Crippen LogP contribution in [-0.2, 0) is 11.0 Å². The van der Waals surface area contributed by atoms with E-state index < -0.39 is 11.0 Å². The maximum atomic E-state index is 11.8. The molecule has 0 saturated heterocycles. The lowest BCUT2D eigenvalue weighted by Crippen LogP contribution is -2.37.